The lowest BCUT2D eigenvalue weighted by molar-refractivity contribution is -0.134. The molecule has 0 aromatic heterocycles. The van der Waals surface area contributed by atoms with Crippen LogP contribution < -0.4 is 20.9 Å². The normalized spacial score (nSPS) is 20.2. The third-order valence-electron chi connectivity index (χ3n) is 14.1. The highest BCUT2D eigenvalue weighted by Crippen LogP contribution is 2.41. The smallest absolute Gasteiger partial charge is 0.264 e. The van der Waals surface area contributed by atoms with Gasteiger partial charge in [0, 0.05) is 74.3 Å². The van der Waals surface area contributed by atoms with Gasteiger partial charge in [-0.25, -0.2) is 0 Å². The summed E-state index contributed by atoms with van der Waals surface area (Å²) in [4.78, 5) is 55.9. The van der Waals surface area contributed by atoms with Gasteiger partial charge in [0.15, 0.2) is 0 Å². The number of nitriles is 1. The molecule has 0 saturated carbocycles. The minimum atomic E-state index is -0.356. The average molecular weight is 1070 g/mol. The third-order valence-corrected chi connectivity index (χ3v) is 14.3. The van der Waals surface area contributed by atoms with E-state index in [4.69, 9.17) is 40.0 Å². The zero-order chi connectivity index (χ0) is 54.3. The number of anilines is 2. The van der Waals surface area contributed by atoms with Gasteiger partial charge in [0.05, 0.1) is 78.0 Å². The summed E-state index contributed by atoms with van der Waals surface area (Å²) in [6.07, 6.45) is 8.47. The number of halogens is 1. The van der Waals surface area contributed by atoms with Crippen molar-refractivity contribution in [1.29, 1.82) is 5.26 Å². The molecule has 0 bridgehead atoms. The van der Waals surface area contributed by atoms with Crippen molar-refractivity contribution in [1.82, 2.24) is 15.5 Å². The van der Waals surface area contributed by atoms with Gasteiger partial charge in [-0.1, -0.05) is 69.5 Å². The molecule has 0 aliphatic carbocycles. The largest absolute Gasteiger partial charge is 0.381 e. The second-order valence-corrected chi connectivity index (χ2v) is 21.4. The van der Waals surface area contributed by atoms with E-state index >= 15 is 0 Å². The van der Waals surface area contributed by atoms with Crippen LogP contribution in [0.2, 0.25) is 5.02 Å². The van der Waals surface area contributed by atoms with Gasteiger partial charge in [-0.2, -0.15) is 5.26 Å². The van der Waals surface area contributed by atoms with Gasteiger partial charge in [0.25, 0.3) is 11.8 Å². The molecule has 6 rings (SSSR count). The van der Waals surface area contributed by atoms with Crippen molar-refractivity contribution < 1.29 is 47.6 Å². The second kappa shape index (κ2) is 31.1. The van der Waals surface area contributed by atoms with Gasteiger partial charge in [0.2, 0.25) is 11.8 Å². The summed E-state index contributed by atoms with van der Waals surface area (Å²) in [5, 5.41) is 20.2. The zero-order valence-corrected chi connectivity index (χ0v) is 46.1. The van der Waals surface area contributed by atoms with E-state index in [0.29, 0.717) is 109 Å². The Balaban J connectivity index is 0.758. The van der Waals surface area contributed by atoms with Crippen LogP contribution >= 0.6 is 11.6 Å². The number of carbonyl (C=O) groups excluding carboxylic acids is 4. The Morgan fingerprint density at radius 3 is 2.01 bits per heavy atom. The van der Waals surface area contributed by atoms with Crippen molar-refractivity contribution in [3.8, 4) is 17.2 Å². The number of nitrogens with zero attached hydrogens (tertiary/aromatic N) is 3. The van der Waals surface area contributed by atoms with Crippen molar-refractivity contribution in [3.05, 3.63) is 94.5 Å². The summed E-state index contributed by atoms with van der Waals surface area (Å²) in [5.74, 6) is -0.339. The Morgan fingerprint density at radius 1 is 0.763 bits per heavy atom. The van der Waals surface area contributed by atoms with E-state index in [2.05, 4.69) is 48.9 Å². The van der Waals surface area contributed by atoms with Crippen molar-refractivity contribution in [2.45, 2.75) is 91.6 Å². The molecule has 0 radical (unpaired) electrons. The first-order chi connectivity index (χ1) is 36.7. The number of likely N-dealkylation sites (tertiary alicyclic amines) is 1. The van der Waals surface area contributed by atoms with Gasteiger partial charge in [-0.3, -0.25) is 19.2 Å². The lowest BCUT2D eigenvalue weighted by Crippen LogP contribution is -2.49. The van der Waals surface area contributed by atoms with Gasteiger partial charge in [-0.15, -0.1) is 0 Å². The molecule has 76 heavy (non-hydrogen) atoms. The van der Waals surface area contributed by atoms with Gasteiger partial charge in [-0.05, 0) is 121 Å². The number of piperidine rings is 1. The molecule has 17 heteroatoms. The highest BCUT2D eigenvalue weighted by Gasteiger charge is 2.35. The van der Waals surface area contributed by atoms with E-state index in [1.165, 1.54) is 0 Å². The van der Waals surface area contributed by atoms with Crippen molar-refractivity contribution >= 4 is 46.6 Å². The quantitative estimate of drug-likeness (QED) is 0.0374. The van der Waals surface area contributed by atoms with Crippen LogP contribution in [0.5, 0.6) is 0 Å². The summed E-state index contributed by atoms with van der Waals surface area (Å²) in [6, 6.07) is 23.4. The molecule has 3 N–H and O–H groups in total. The summed E-state index contributed by atoms with van der Waals surface area (Å²) in [5.41, 5.74) is 5.19. The average Bonchev–Trinajstić information content (AvgIpc) is 3.41. The van der Waals surface area contributed by atoms with E-state index in [0.717, 1.165) is 79.8 Å². The fraction of sp³-hybridized carbons (Fsp3) is 0.576. The van der Waals surface area contributed by atoms with Crippen molar-refractivity contribution in [2.75, 3.05) is 116 Å². The summed E-state index contributed by atoms with van der Waals surface area (Å²) in [7, 11) is 0. The Hall–Kier alpha value is -5.38. The molecular weight excluding hydrogens is 988 g/mol. The van der Waals surface area contributed by atoms with Crippen molar-refractivity contribution in [2.24, 2.45) is 23.2 Å². The Kier molecular flexibility index (Phi) is 24.5. The molecule has 3 aliphatic rings. The first-order valence-electron chi connectivity index (χ1n) is 27.2. The fourth-order valence-electron chi connectivity index (χ4n) is 10.5. The molecule has 5 atom stereocenters. The molecule has 0 spiro atoms. The van der Waals surface area contributed by atoms with Crippen LogP contribution in [-0.4, -0.2) is 140 Å². The fourth-order valence-corrected chi connectivity index (χ4v) is 10.6. The number of carbonyl (C=O) groups is 4. The van der Waals surface area contributed by atoms with Gasteiger partial charge in [0.1, 0.15) is 11.6 Å². The van der Waals surface area contributed by atoms with Crippen LogP contribution in [-0.2, 0) is 42.8 Å². The predicted octanol–water partition coefficient (Wildman–Crippen LogP) is 8.79. The third kappa shape index (κ3) is 19.3. The zero-order valence-electron chi connectivity index (χ0n) is 45.4. The number of rotatable bonds is 27. The molecule has 3 aliphatic heterocycles. The molecule has 3 aromatic rings. The van der Waals surface area contributed by atoms with E-state index in [1.54, 1.807) is 11.8 Å². The maximum absolute atomic E-state index is 13.6. The lowest BCUT2D eigenvalue weighted by atomic mass is 9.78. The van der Waals surface area contributed by atoms with Crippen LogP contribution in [0.15, 0.2) is 78.4 Å². The number of allylic oxidation sites excluding steroid dienone is 1. The van der Waals surface area contributed by atoms with Gasteiger partial charge < -0.3 is 54.2 Å². The van der Waals surface area contributed by atoms with E-state index in [9.17, 15) is 24.4 Å². The number of amides is 4. The Morgan fingerprint density at radius 2 is 1.38 bits per heavy atom. The van der Waals surface area contributed by atoms with E-state index in [1.807, 2.05) is 78.6 Å². The molecule has 3 aromatic carbocycles. The van der Waals surface area contributed by atoms with E-state index in [-0.39, 0.29) is 65.1 Å². The Bertz CT molecular complexity index is 2390. The standard InChI is InChI=1S/C59H81ClN6O10/c1-42-34-49(41-65(40-42)58(70)50(39-61)38-59(4,5)37-45-8-6-7-22-71-23-19-45)57(69)63-21-25-73-27-29-75-31-33-76-32-30-74-28-26-72-24-20-62-56(68)47-11-9-46(10-12-47)48-13-18-55-53(36-48)54(35-43(2)66(55)44(3)67)64-52-16-14-51(60)15-17-52/h9-18,36,38,42-43,45,49,54,64H,6-8,19-35,37,40-41H2,1-5H3,(H,62,68)(H,63,69)/b50-38+/t42?,43-,45?,49?,54+/m0/s1. The SMILES string of the molecule is CC(=O)N1c2ccc(-c3ccc(C(=O)NCCOCCOCCOCCOCCOCCNC(=O)C4CC(C)CN(C(=O)/C(C#N)=C/C(C)(C)CC5CCCCOCC5)C4)cc3)cc2[C@H](Nc2ccc(Cl)cc2)C[C@@H]1C. The van der Waals surface area contributed by atoms with Gasteiger partial charge >= 0.3 is 0 Å². The van der Waals surface area contributed by atoms with Crippen molar-refractivity contribution in [3.63, 3.8) is 0 Å². The number of hydrogen-bond acceptors (Lipinski definition) is 12. The highest BCUT2D eigenvalue weighted by atomic mass is 35.5. The summed E-state index contributed by atoms with van der Waals surface area (Å²) in [6.45, 7) is 16.8. The number of benzene rings is 3. The summed E-state index contributed by atoms with van der Waals surface area (Å²) < 4.78 is 33.8. The van der Waals surface area contributed by atoms with Crippen LogP contribution in [0.25, 0.3) is 11.1 Å². The van der Waals surface area contributed by atoms with Crippen LogP contribution in [0.4, 0.5) is 11.4 Å². The second-order valence-electron chi connectivity index (χ2n) is 21.0. The molecule has 414 valence electrons. The molecule has 2 saturated heterocycles. The summed E-state index contributed by atoms with van der Waals surface area (Å²) >= 11 is 6.13. The molecule has 16 nitrogen and oxygen atoms in total. The Labute approximate surface area is 455 Å². The van der Waals surface area contributed by atoms with Crippen LogP contribution in [0.3, 0.4) is 0 Å². The molecular formula is C59H81ClN6O10. The molecule has 3 unspecified atom stereocenters. The maximum atomic E-state index is 13.6. The molecule has 2 fully saturated rings. The van der Waals surface area contributed by atoms with E-state index < -0.39 is 0 Å². The first-order valence-corrected chi connectivity index (χ1v) is 27.6. The first kappa shape index (κ1) is 59.9. The molecule has 3 heterocycles. The minimum Gasteiger partial charge on any atom is -0.381 e. The number of ether oxygens (including phenoxy) is 6. The topological polar surface area (TPSA) is 190 Å². The van der Waals surface area contributed by atoms with Crippen LogP contribution in [0, 0.1) is 34.5 Å². The number of fused-ring (bicyclic) bond motifs is 1. The number of hydrogen-bond donors (Lipinski definition) is 3. The monoisotopic (exact) mass is 1070 g/mol. The molecule has 4 amide bonds. The number of nitrogens with one attached hydrogen (secondary N) is 3. The predicted molar refractivity (Wildman–Crippen MR) is 295 cm³/mol. The maximum Gasteiger partial charge on any atom is 0.264 e. The minimum absolute atomic E-state index is 0.00365. The highest BCUT2D eigenvalue weighted by molar-refractivity contribution is 6.30. The van der Waals surface area contributed by atoms with Crippen LogP contribution in [0.1, 0.15) is 102 Å². The lowest BCUT2D eigenvalue weighted by Gasteiger charge is -2.39.